The van der Waals surface area contributed by atoms with Gasteiger partial charge in [0.25, 0.3) is 0 Å². The molecule has 3 N–H and O–H groups in total. The Balaban J connectivity index is 1.57. The van der Waals surface area contributed by atoms with Crippen LogP contribution < -0.4 is 15.8 Å². The molecule has 10 heteroatoms. The number of fused-ring (bicyclic) bond motifs is 2. The number of nitrogens with zero attached hydrogens (tertiary/aromatic N) is 5. The maximum absolute atomic E-state index is 12.3. The predicted molar refractivity (Wildman–Crippen MR) is 133 cm³/mol. The number of anilines is 2. The van der Waals surface area contributed by atoms with Crippen LogP contribution in [0.4, 0.5) is 16.3 Å². The number of nitrogen functional groups attached to an aromatic ring is 1. The SMILES string of the molecule is COc1cc(-c2cc(-c3cc4n(n3)CCCC4)n3ncnc(N)c23)ccc1NC(=O)OC(C)(C)C. The number of aromatic nitrogens is 5. The minimum atomic E-state index is -0.608. The van der Waals surface area contributed by atoms with Gasteiger partial charge in [-0.3, -0.25) is 10.00 Å². The maximum Gasteiger partial charge on any atom is 0.412 e. The van der Waals surface area contributed by atoms with E-state index in [0.29, 0.717) is 22.8 Å². The van der Waals surface area contributed by atoms with Crippen molar-refractivity contribution >= 4 is 23.1 Å². The van der Waals surface area contributed by atoms with Crippen molar-refractivity contribution in [3.63, 3.8) is 0 Å². The third-order valence-corrected chi connectivity index (χ3v) is 5.91. The van der Waals surface area contributed by atoms with Crippen LogP contribution >= 0.6 is 0 Å². The van der Waals surface area contributed by atoms with Crippen LogP contribution in [0.25, 0.3) is 28.0 Å². The first kappa shape index (κ1) is 22.7. The molecule has 182 valence electrons. The van der Waals surface area contributed by atoms with Crippen LogP contribution in [0.3, 0.4) is 0 Å². The molecule has 0 atom stereocenters. The molecule has 1 aliphatic heterocycles. The van der Waals surface area contributed by atoms with E-state index >= 15 is 0 Å². The van der Waals surface area contributed by atoms with Crippen molar-refractivity contribution in [3.8, 4) is 28.3 Å². The van der Waals surface area contributed by atoms with Crippen molar-refractivity contribution in [2.45, 2.75) is 52.2 Å². The summed E-state index contributed by atoms with van der Waals surface area (Å²) >= 11 is 0. The highest BCUT2D eigenvalue weighted by molar-refractivity contribution is 5.93. The first-order valence-electron chi connectivity index (χ1n) is 11.6. The third-order valence-electron chi connectivity index (χ3n) is 5.91. The van der Waals surface area contributed by atoms with Crippen LogP contribution in [-0.4, -0.2) is 43.2 Å². The van der Waals surface area contributed by atoms with Gasteiger partial charge in [-0.25, -0.2) is 14.3 Å². The summed E-state index contributed by atoms with van der Waals surface area (Å²) in [7, 11) is 1.55. The van der Waals surface area contributed by atoms with Crippen molar-refractivity contribution < 1.29 is 14.3 Å². The number of nitrogens with two attached hydrogens (primary N) is 1. The minimum absolute atomic E-state index is 0.361. The number of benzene rings is 1. The minimum Gasteiger partial charge on any atom is -0.495 e. The number of hydrogen-bond acceptors (Lipinski definition) is 7. The summed E-state index contributed by atoms with van der Waals surface area (Å²) in [5.41, 5.74) is 11.5. The summed E-state index contributed by atoms with van der Waals surface area (Å²) < 4.78 is 14.8. The maximum atomic E-state index is 12.3. The summed E-state index contributed by atoms with van der Waals surface area (Å²) in [5.74, 6) is 0.849. The summed E-state index contributed by atoms with van der Waals surface area (Å²) in [6.45, 7) is 6.36. The number of ether oxygens (including phenoxy) is 2. The van der Waals surface area contributed by atoms with Gasteiger partial charge in [0.15, 0.2) is 5.82 Å². The van der Waals surface area contributed by atoms with Gasteiger partial charge in [0.2, 0.25) is 0 Å². The molecule has 1 amide bonds. The van der Waals surface area contributed by atoms with Crippen molar-refractivity contribution in [2.75, 3.05) is 18.2 Å². The Morgan fingerprint density at radius 1 is 1.17 bits per heavy atom. The molecule has 4 aromatic rings. The van der Waals surface area contributed by atoms with E-state index in [9.17, 15) is 4.79 Å². The van der Waals surface area contributed by atoms with Crippen molar-refractivity contribution in [3.05, 3.63) is 42.4 Å². The van der Waals surface area contributed by atoms with Gasteiger partial charge in [0.1, 0.15) is 28.9 Å². The monoisotopic (exact) mass is 475 g/mol. The molecule has 0 aliphatic carbocycles. The van der Waals surface area contributed by atoms with Crippen LogP contribution in [0.15, 0.2) is 36.7 Å². The largest absolute Gasteiger partial charge is 0.495 e. The lowest BCUT2D eigenvalue weighted by Crippen LogP contribution is -2.27. The molecule has 35 heavy (non-hydrogen) atoms. The lowest BCUT2D eigenvalue weighted by Gasteiger charge is -2.20. The van der Waals surface area contributed by atoms with Gasteiger partial charge in [-0.1, -0.05) is 6.07 Å². The van der Waals surface area contributed by atoms with Crippen LogP contribution in [0.1, 0.15) is 39.3 Å². The molecule has 4 heterocycles. The molecule has 0 unspecified atom stereocenters. The fourth-order valence-corrected chi connectivity index (χ4v) is 4.39. The van der Waals surface area contributed by atoms with Crippen molar-refractivity contribution in [2.24, 2.45) is 0 Å². The zero-order valence-corrected chi connectivity index (χ0v) is 20.3. The molecule has 0 saturated heterocycles. The smallest absolute Gasteiger partial charge is 0.412 e. The van der Waals surface area contributed by atoms with Crippen molar-refractivity contribution in [1.29, 1.82) is 0 Å². The van der Waals surface area contributed by atoms with Gasteiger partial charge in [-0.05, 0) is 69.9 Å². The van der Waals surface area contributed by atoms with Gasteiger partial charge >= 0.3 is 6.09 Å². The predicted octanol–water partition coefficient (Wildman–Crippen LogP) is 4.53. The van der Waals surface area contributed by atoms with Crippen LogP contribution in [0.2, 0.25) is 0 Å². The summed E-state index contributed by atoms with van der Waals surface area (Å²) in [6.07, 6.45) is 4.21. The number of carbonyl (C=O) groups is 1. The first-order chi connectivity index (χ1) is 16.7. The van der Waals surface area contributed by atoms with Crippen LogP contribution in [0, 0.1) is 0 Å². The Kier molecular flexibility index (Phi) is 5.58. The number of rotatable bonds is 4. The Hall–Kier alpha value is -4.08. The standard InChI is InChI=1S/C25H29N7O3/c1-25(2,3)35-24(33)29-18-9-8-15(11-21(18)34-4)17-13-20(32-22(17)23(26)27-14-28-32)19-12-16-7-5-6-10-31(16)30-19/h8-9,11-14H,5-7,10H2,1-4H3,(H,29,33)(H2,26,27,28). The number of aryl methyl sites for hydroxylation is 2. The van der Waals surface area contributed by atoms with E-state index in [4.69, 9.17) is 20.3 Å². The topological polar surface area (TPSA) is 122 Å². The molecule has 0 saturated carbocycles. The van der Waals surface area contributed by atoms with E-state index in [2.05, 4.69) is 26.1 Å². The third kappa shape index (κ3) is 4.39. The number of amides is 1. The van der Waals surface area contributed by atoms with Gasteiger partial charge in [0.05, 0.1) is 18.5 Å². The molecule has 0 radical (unpaired) electrons. The molecule has 5 rings (SSSR count). The quantitative estimate of drug-likeness (QED) is 0.444. The lowest BCUT2D eigenvalue weighted by atomic mass is 10.1. The Labute approximate surface area is 203 Å². The molecule has 10 nitrogen and oxygen atoms in total. The van der Waals surface area contributed by atoms with Crippen LogP contribution in [-0.2, 0) is 17.7 Å². The van der Waals surface area contributed by atoms with Crippen LogP contribution in [0.5, 0.6) is 5.75 Å². The molecule has 0 spiro atoms. The van der Waals surface area contributed by atoms with E-state index in [1.54, 1.807) is 17.7 Å². The zero-order chi connectivity index (χ0) is 24.7. The summed E-state index contributed by atoms with van der Waals surface area (Å²) in [6, 6.07) is 9.65. The second-order valence-corrected chi connectivity index (χ2v) is 9.59. The Morgan fingerprint density at radius 2 is 2.00 bits per heavy atom. The molecule has 1 aliphatic rings. The molecular formula is C25H29N7O3. The first-order valence-corrected chi connectivity index (χ1v) is 11.6. The van der Waals surface area contributed by atoms with Crippen molar-refractivity contribution in [1.82, 2.24) is 24.4 Å². The number of methoxy groups -OCH3 is 1. The number of carbonyl (C=O) groups excluding carboxylic acids is 1. The normalized spacial score (nSPS) is 13.5. The van der Waals surface area contributed by atoms with E-state index < -0.39 is 11.7 Å². The van der Waals surface area contributed by atoms with E-state index in [-0.39, 0.29) is 0 Å². The van der Waals surface area contributed by atoms with E-state index in [1.165, 1.54) is 18.4 Å². The molecular weight excluding hydrogens is 446 g/mol. The Bertz CT molecular complexity index is 1390. The lowest BCUT2D eigenvalue weighted by molar-refractivity contribution is 0.0635. The molecule has 0 bridgehead atoms. The van der Waals surface area contributed by atoms with Gasteiger partial charge in [0, 0.05) is 17.8 Å². The fourth-order valence-electron chi connectivity index (χ4n) is 4.39. The summed E-state index contributed by atoms with van der Waals surface area (Å²) in [4.78, 5) is 16.5. The zero-order valence-electron chi connectivity index (χ0n) is 20.3. The van der Waals surface area contributed by atoms with Gasteiger partial charge in [-0.15, -0.1) is 0 Å². The van der Waals surface area contributed by atoms with E-state index in [1.807, 2.05) is 39.0 Å². The van der Waals surface area contributed by atoms with Gasteiger partial charge in [-0.2, -0.15) is 10.2 Å². The fraction of sp³-hybridized carbons (Fsp3) is 0.360. The average molecular weight is 476 g/mol. The number of nitrogens with one attached hydrogen (secondary N) is 1. The molecule has 0 fully saturated rings. The average Bonchev–Trinajstić information content (AvgIpc) is 3.40. The van der Waals surface area contributed by atoms with E-state index in [0.717, 1.165) is 41.9 Å². The second-order valence-electron chi connectivity index (χ2n) is 9.59. The molecule has 1 aromatic carbocycles. The Morgan fingerprint density at radius 3 is 2.74 bits per heavy atom. The highest BCUT2D eigenvalue weighted by atomic mass is 16.6. The summed E-state index contributed by atoms with van der Waals surface area (Å²) in [5, 5.41) is 12.1. The number of hydrogen-bond donors (Lipinski definition) is 2. The second kappa shape index (κ2) is 8.61. The highest BCUT2D eigenvalue weighted by Crippen LogP contribution is 2.38. The molecule has 3 aromatic heterocycles. The van der Waals surface area contributed by atoms with Gasteiger partial charge < -0.3 is 15.2 Å². The highest BCUT2D eigenvalue weighted by Gasteiger charge is 2.22.